The van der Waals surface area contributed by atoms with Crippen LogP contribution in [0, 0.1) is 18.3 Å². The number of rotatable bonds is 4. The fraction of sp³-hybridized carbons (Fsp3) is 0.0769. The summed E-state index contributed by atoms with van der Waals surface area (Å²) in [5, 5.41) is 11.0. The molecular formula is C26H21ClN4. The van der Waals surface area contributed by atoms with Crippen molar-refractivity contribution in [2.75, 3.05) is 0 Å². The first-order valence-corrected chi connectivity index (χ1v) is 9.91. The van der Waals surface area contributed by atoms with Gasteiger partial charge in [0.2, 0.25) is 0 Å². The molecule has 0 spiro atoms. The number of para-hydroxylation sites is 1. The number of halogens is 1. The smallest absolute Gasteiger partial charge is 0.149 e. The lowest BCUT2D eigenvalue weighted by Gasteiger charge is -2.05. The van der Waals surface area contributed by atoms with E-state index in [0.29, 0.717) is 11.4 Å². The highest BCUT2D eigenvalue weighted by molar-refractivity contribution is 5.98. The molecule has 0 aliphatic heterocycles. The van der Waals surface area contributed by atoms with Crippen molar-refractivity contribution >= 4 is 46.0 Å². The van der Waals surface area contributed by atoms with E-state index >= 15 is 0 Å². The number of imidazole rings is 1. The molecule has 0 aliphatic carbocycles. The van der Waals surface area contributed by atoms with Crippen LogP contribution in [0.3, 0.4) is 0 Å². The van der Waals surface area contributed by atoms with Gasteiger partial charge in [-0.15, -0.1) is 12.4 Å². The number of fused-ring (bicyclic) bond motifs is 2. The van der Waals surface area contributed by atoms with Crippen molar-refractivity contribution in [2.45, 2.75) is 13.5 Å². The van der Waals surface area contributed by atoms with Crippen LogP contribution < -0.4 is 0 Å². The summed E-state index contributed by atoms with van der Waals surface area (Å²) in [5.74, 6) is 0.595. The molecule has 3 aromatic carbocycles. The molecule has 5 rings (SSSR count). The number of aromatic amines is 1. The molecular weight excluding hydrogens is 404 g/mol. The molecule has 5 aromatic rings. The van der Waals surface area contributed by atoms with Crippen LogP contribution in [0.25, 0.3) is 33.6 Å². The van der Waals surface area contributed by atoms with Crippen LogP contribution in [-0.2, 0) is 6.54 Å². The standard InChI is InChI=1S/C26H20N4.ClH/c1-18-11-12-23-24(13-18)29-26(28-23)20(15-27)14-21-17-30(16-19-7-3-2-4-8-19)25-10-6-5-9-22(21)25;/h2-14,17H,16H2,1H3,(H,28,29);1H. The molecule has 0 saturated carbocycles. The highest BCUT2D eigenvalue weighted by Crippen LogP contribution is 2.27. The monoisotopic (exact) mass is 424 g/mol. The van der Waals surface area contributed by atoms with Gasteiger partial charge in [-0.25, -0.2) is 4.98 Å². The number of nitrogens with zero attached hydrogens (tertiary/aromatic N) is 3. The zero-order valence-corrected chi connectivity index (χ0v) is 17.9. The Balaban J connectivity index is 0.00000231. The third kappa shape index (κ3) is 3.96. The maximum atomic E-state index is 9.85. The second-order valence-corrected chi connectivity index (χ2v) is 7.49. The summed E-state index contributed by atoms with van der Waals surface area (Å²) in [6.45, 7) is 2.82. The minimum Gasteiger partial charge on any atom is -0.342 e. The minimum atomic E-state index is 0. The predicted molar refractivity (Wildman–Crippen MR) is 129 cm³/mol. The summed E-state index contributed by atoms with van der Waals surface area (Å²) in [5.41, 5.74) is 6.87. The average molecular weight is 425 g/mol. The maximum absolute atomic E-state index is 9.85. The third-order valence-electron chi connectivity index (χ3n) is 5.33. The van der Waals surface area contributed by atoms with Crippen LogP contribution in [0.1, 0.15) is 22.5 Å². The van der Waals surface area contributed by atoms with Crippen molar-refractivity contribution in [1.29, 1.82) is 5.26 Å². The van der Waals surface area contributed by atoms with Gasteiger partial charge in [-0.2, -0.15) is 5.26 Å². The molecule has 0 fully saturated rings. The molecule has 152 valence electrons. The second-order valence-electron chi connectivity index (χ2n) is 7.49. The van der Waals surface area contributed by atoms with E-state index in [1.807, 2.05) is 49.4 Å². The van der Waals surface area contributed by atoms with Crippen LogP contribution in [0.4, 0.5) is 0 Å². The highest BCUT2D eigenvalue weighted by atomic mass is 35.5. The van der Waals surface area contributed by atoms with Crippen molar-refractivity contribution in [3.8, 4) is 6.07 Å². The van der Waals surface area contributed by atoms with Crippen LogP contribution in [0.5, 0.6) is 0 Å². The number of nitriles is 1. The fourth-order valence-electron chi connectivity index (χ4n) is 3.86. The second kappa shape index (κ2) is 8.51. The largest absolute Gasteiger partial charge is 0.342 e. The summed E-state index contributed by atoms with van der Waals surface area (Å²) < 4.78 is 2.23. The summed E-state index contributed by atoms with van der Waals surface area (Å²) in [6, 6.07) is 27.1. The van der Waals surface area contributed by atoms with Gasteiger partial charge in [0.25, 0.3) is 0 Å². The van der Waals surface area contributed by atoms with Gasteiger partial charge in [0, 0.05) is 29.2 Å². The summed E-state index contributed by atoms with van der Waals surface area (Å²) in [6.07, 6.45) is 4.04. The average Bonchev–Trinajstić information content (AvgIpc) is 3.34. The Labute approximate surface area is 186 Å². The molecule has 0 saturated heterocycles. The first-order valence-electron chi connectivity index (χ1n) is 9.91. The summed E-state index contributed by atoms with van der Waals surface area (Å²) >= 11 is 0. The van der Waals surface area contributed by atoms with E-state index in [-0.39, 0.29) is 12.4 Å². The summed E-state index contributed by atoms with van der Waals surface area (Å²) in [4.78, 5) is 7.92. The van der Waals surface area contributed by atoms with Gasteiger partial charge in [0.15, 0.2) is 0 Å². The third-order valence-corrected chi connectivity index (χ3v) is 5.33. The van der Waals surface area contributed by atoms with Crippen molar-refractivity contribution in [3.63, 3.8) is 0 Å². The van der Waals surface area contributed by atoms with Crippen LogP contribution in [-0.4, -0.2) is 14.5 Å². The molecule has 0 bridgehead atoms. The molecule has 4 nitrogen and oxygen atoms in total. The first-order chi connectivity index (χ1) is 14.7. The SMILES string of the molecule is Cc1ccc2nc(C(C#N)=Cc3cn(Cc4ccccc4)c4ccccc34)[nH]c2c1.Cl. The zero-order chi connectivity index (χ0) is 20.5. The lowest BCUT2D eigenvalue weighted by Crippen LogP contribution is -1.97. The van der Waals surface area contributed by atoms with Gasteiger partial charge in [0.1, 0.15) is 11.9 Å². The molecule has 5 heteroatoms. The maximum Gasteiger partial charge on any atom is 0.149 e. The topological polar surface area (TPSA) is 57.4 Å². The van der Waals surface area contributed by atoms with Gasteiger partial charge in [-0.1, -0.05) is 54.6 Å². The van der Waals surface area contributed by atoms with E-state index < -0.39 is 0 Å². The Morgan fingerprint density at radius 3 is 2.65 bits per heavy atom. The van der Waals surface area contributed by atoms with Crippen molar-refractivity contribution in [3.05, 3.63) is 102 Å². The molecule has 0 amide bonds. The number of aryl methyl sites for hydroxylation is 1. The van der Waals surface area contributed by atoms with E-state index in [4.69, 9.17) is 0 Å². The molecule has 2 heterocycles. The Morgan fingerprint density at radius 2 is 1.84 bits per heavy atom. The van der Waals surface area contributed by atoms with Crippen molar-refractivity contribution in [1.82, 2.24) is 14.5 Å². The van der Waals surface area contributed by atoms with Crippen LogP contribution in [0.2, 0.25) is 0 Å². The quantitative estimate of drug-likeness (QED) is 0.341. The Hall–Kier alpha value is -3.81. The molecule has 2 aromatic heterocycles. The number of hydrogen-bond donors (Lipinski definition) is 1. The van der Waals surface area contributed by atoms with Crippen molar-refractivity contribution in [2.24, 2.45) is 0 Å². The van der Waals surface area contributed by atoms with E-state index in [0.717, 1.165) is 39.6 Å². The Kier molecular flexibility index (Phi) is 5.62. The van der Waals surface area contributed by atoms with Gasteiger partial charge >= 0.3 is 0 Å². The Bertz CT molecular complexity index is 1440. The molecule has 0 unspecified atom stereocenters. The van der Waals surface area contributed by atoms with E-state index in [9.17, 15) is 5.26 Å². The van der Waals surface area contributed by atoms with Gasteiger partial charge in [0.05, 0.1) is 16.6 Å². The normalized spacial score (nSPS) is 11.4. The van der Waals surface area contributed by atoms with Gasteiger partial charge in [-0.3, -0.25) is 0 Å². The van der Waals surface area contributed by atoms with Crippen LogP contribution >= 0.6 is 12.4 Å². The zero-order valence-electron chi connectivity index (χ0n) is 17.0. The first kappa shape index (κ1) is 20.5. The van der Waals surface area contributed by atoms with E-state index in [1.54, 1.807) is 0 Å². The van der Waals surface area contributed by atoms with Gasteiger partial charge in [-0.05, 0) is 42.3 Å². The number of benzene rings is 3. The fourth-order valence-corrected chi connectivity index (χ4v) is 3.86. The lowest BCUT2D eigenvalue weighted by atomic mass is 10.1. The number of nitrogens with one attached hydrogen (secondary N) is 1. The van der Waals surface area contributed by atoms with Crippen LogP contribution in [0.15, 0.2) is 79.0 Å². The molecule has 31 heavy (non-hydrogen) atoms. The van der Waals surface area contributed by atoms with Crippen molar-refractivity contribution < 1.29 is 0 Å². The lowest BCUT2D eigenvalue weighted by molar-refractivity contribution is 0.836. The number of aromatic nitrogens is 3. The number of H-pyrrole nitrogens is 1. The summed E-state index contributed by atoms with van der Waals surface area (Å²) in [7, 11) is 0. The molecule has 0 atom stereocenters. The number of allylic oxidation sites excluding steroid dienone is 1. The van der Waals surface area contributed by atoms with Gasteiger partial charge < -0.3 is 9.55 Å². The molecule has 0 radical (unpaired) electrons. The highest BCUT2D eigenvalue weighted by Gasteiger charge is 2.12. The Morgan fingerprint density at radius 1 is 1.06 bits per heavy atom. The number of hydrogen-bond acceptors (Lipinski definition) is 2. The van der Waals surface area contributed by atoms with E-state index in [1.165, 1.54) is 5.56 Å². The molecule has 1 N–H and O–H groups in total. The minimum absolute atomic E-state index is 0. The molecule has 0 aliphatic rings. The van der Waals surface area contributed by atoms with E-state index in [2.05, 4.69) is 63.2 Å². The predicted octanol–water partition coefficient (Wildman–Crippen LogP) is 6.36.